The monoisotopic (exact) mass is 293 g/mol. The summed E-state index contributed by atoms with van der Waals surface area (Å²) >= 11 is 0. The summed E-state index contributed by atoms with van der Waals surface area (Å²) in [5.41, 5.74) is 3.59. The van der Waals surface area contributed by atoms with Gasteiger partial charge in [-0.1, -0.05) is 43.7 Å². The van der Waals surface area contributed by atoms with E-state index in [-0.39, 0.29) is 5.97 Å². The summed E-state index contributed by atoms with van der Waals surface area (Å²) in [6, 6.07) is 8.09. The predicted octanol–water partition coefficient (Wildman–Crippen LogP) is 4.10. The molecule has 0 saturated heterocycles. The molecule has 0 bridgehead atoms. The van der Waals surface area contributed by atoms with Gasteiger partial charge in [0.15, 0.2) is 5.70 Å². The van der Waals surface area contributed by atoms with Crippen molar-refractivity contribution in [3.05, 3.63) is 71.0 Å². The van der Waals surface area contributed by atoms with Crippen LogP contribution >= 0.6 is 0 Å². The van der Waals surface area contributed by atoms with Crippen molar-refractivity contribution in [1.82, 2.24) is 0 Å². The fourth-order valence-electron chi connectivity index (χ4n) is 2.47. The number of aliphatic imine (C=N–C) groups is 1. The van der Waals surface area contributed by atoms with Crippen LogP contribution in [0.4, 0.5) is 0 Å². The molecule has 1 aliphatic carbocycles. The number of esters is 1. The molecule has 0 aromatic heterocycles. The first kappa shape index (κ1) is 14.5. The Labute approximate surface area is 130 Å². The normalized spacial score (nSPS) is 18.6. The van der Waals surface area contributed by atoms with Crippen LogP contribution < -0.4 is 0 Å². The summed E-state index contributed by atoms with van der Waals surface area (Å²) in [6.07, 6.45) is 12.1. The van der Waals surface area contributed by atoms with Gasteiger partial charge in [0, 0.05) is 5.56 Å². The van der Waals surface area contributed by atoms with Crippen molar-refractivity contribution in [2.24, 2.45) is 4.99 Å². The molecular weight excluding hydrogens is 274 g/mol. The first-order valence-electron chi connectivity index (χ1n) is 7.74. The molecule has 3 heteroatoms. The molecule has 3 nitrogen and oxygen atoms in total. The second-order valence-corrected chi connectivity index (χ2v) is 5.51. The number of nitrogens with zero attached hydrogens (tertiary/aromatic N) is 1. The van der Waals surface area contributed by atoms with Gasteiger partial charge < -0.3 is 4.74 Å². The highest BCUT2D eigenvalue weighted by molar-refractivity contribution is 6.11. The number of benzene rings is 1. The van der Waals surface area contributed by atoms with E-state index in [2.05, 4.69) is 24.0 Å². The lowest BCUT2D eigenvalue weighted by Crippen LogP contribution is -2.05. The molecule has 0 atom stereocenters. The van der Waals surface area contributed by atoms with E-state index in [1.807, 2.05) is 30.4 Å². The number of hydrogen-bond donors (Lipinski definition) is 0. The molecule has 1 heterocycles. The number of rotatable bonds is 5. The maximum atomic E-state index is 11.9. The van der Waals surface area contributed by atoms with Crippen LogP contribution in [0.15, 0.2) is 64.8 Å². The first-order chi connectivity index (χ1) is 10.8. The maximum Gasteiger partial charge on any atom is 0.363 e. The molecule has 0 radical (unpaired) electrons. The molecule has 2 aliphatic rings. The zero-order valence-electron chi connectivity index (χ0n) is 12.7. The predicted molar refractivity (Wildman–Crippen MR) is 87.6 cm³/mol. The van der Waals surface area contributed by atoms with Crippen molar-refractivity contribution in [3.8, 4) is 0 Å². The standard InChI is InChI=1S/C19H19NO2/c1-2-3-6-14-9-11-16(12-10-14)18-20-17(19(21)22-18)13-15-7-4-5-8-15/h4-5,7,9-13H,2-3,6,8H2,1H3. The van der Waals surface area contributed by atoms with Crippen molar-refractivity contribution < 1.29 is 9.53 Å². The summed E-state index contributed by atoms with van der Waals surface area (Å²) in [5.74, 6) is 0.0164. The number of carbonyl (C=O) groups excluding carboxylic acids is 1. The Balaban J connectivity index is 1.76. The highest BCUT2D eigenvalue weighted by Gasteiger charge is 2.24. The van der Waals surface area contributed by atoms with Gasteiger partial charge in [0.25, 0.3) is 0 Å². The molecular formula is C19H19NO2. The molecule has 22 heavy (non-hydrogen) atoms. The van der Waals surface area contributed by atoms with Gasteiger partial charge in [0.2, 0.25) is 5.90 Å². The van der Waals surface area contributed by atoms with Gasteiger partial charge in [-0.2, -0.15) is 0 Å². The van der Waals surface area contributed by atoms with E-state index in [0.717, 1.165) is 24.0 Å². The number of hydrogen-bond acceptors (Lipinski definition) is 3. The zero-order valence-corrected chi connectivity index (χ0v) is 12.7. The second-order valence-electron chi connectivity index (χ2n) is 5.51. The topological polar surface area (TPSA) is 38.7 Å². The van der Waals surface area contributed by atoms with Crippen LogP contribution in [0.5, 0.6) is 0 Å². The van der Waals surface area contributed by atoms with Crippen LogP contribution in [0.2, 0.25) is 0 Å². The number of cyclic esters (lactones) is 1. The first-order valence-corrected chi connectivity index (χ1v) is 7.74. The Morgan fingerprint density at radius 2 is 2.09 bits per heavy atom. The summed E-state index contributed by atoms with van der Waals surface area (Å²) in [6.45, 7) is 2.18. The molecule has 0 fully saturated rings. The molecule has 0 spiro atoms. The Hall–Kier alpha value is -2.42. The lowest BCUT2D eigenvalue weighted by Gasteiger charge is -2.02. The van der Waals surface area contributed by atoms with Gasteiger partial charge in [0.05, 0.1) is 0 Å². The van der Waals surface area contributed by atoms with Crippen molar-refractivity contribution in [3.63, 3.8) is 0 Å². The minimum atomic E-state index is -0.377. The molecule has 1 aromatic carbocycles. The number of allylic oxidation sites excluding steroid dienone is 5. The molecule has 0 unspecified atom stereocenters. The van der Waals surface area contributed by atoms with Gasteiger partial charge in [-0.25, -0.2) is 9.79 Å². The largest absolute Gasteiger partial charge is 0.402 e. The molecule has 3 rings (SSSR count). The highest BCUT2D eigenvalue weighted by Crippen LogP contribution is 2.21. The number of carbonyl (C=O) groups is 1. The SMILES string of the molecule is CCCCc1ccc(C2=NC(=CC3=CC=CC3)C(=O)O2)cc1. The molecule has 0 saturated carbocycles. The van der Waals surface area contributed by atoms with E-state index in [1.54, 1.807) is 6.08 Å². The summed E-state index contributed by atoms with van der Waals surface area (Å²) in [4.78, 5) is 16.2. The van der Waals surface area contributed by atoms with E-state index in [1.165, 1.54) is 18.4 Å². The second kappa shape index (κ2) is 6.56. The van der Waals surface area contributed by atoms with Gasteiger partial charge >= 0.3 is 5.97 Å². The van der Waals surface area contributed by atoms with Crippen LogP contribution in [0, 0.1) is 0 Å². The quantitative estimate of drug-likeness (QED) is 0.605. The Kier molecular flexibility index (Phi) is 4.33. The number of unbranched alkanes of at least 4 members (excludes halogenated alkanes) is 1. The Morgan fingerprint density at radius 1 is 1.27 bits per heavy atom. The molecule has 0 amide bonds. The molecule has 112 valence electrons. The molecule has 1 aliphatic heterocycles. The number of aryl methyl sites for hydroxylation is 1. The minimum Gasteiger partial charge on any atom is -0.402 e. The average Bonchev–Trinajstić information content (AvgIpc) is 3.17. The summed E-state index contributed by atoms with van der Waals surface area (Å²) in [5, 5.41) is 0. The maximum absolute atomic E-state index is 11.9. The molecule has 1 aromatic rings. The fraction of sp³-hybridized carbons (Fsp3) is 0.263. The van der Waals surface area contributed by atoms with Gasteiger partial charge in [-0.05, 0) is 48.6 Å². The van der Waals surface area contributed by atoms with Gasteiger partial charge in [-0.3, -0.25) is 0 Å². The smallest absolute Gasteiger partial charge is 0.363 e. The van der Waals surface area contributed by atoms with Gasteiger partial charge in [-0.15, -0.1) is 0 Å². The van der Waals surface area contributed by atoms with Crippen LogP contribution in [-0.2, 0) is 16.0 Å². The minimum absolute atomic E-state index is 0.375. The van der Waals surface area contributed by atoms with Crippen LogP contribution in [0.25, 0.3) is 0 Å². The van der Waals surface area contributed by atoms with Crippen molar-refractivity contribution >= 4 is 11.9 Å². The zero-order chi connectivity index (χ0) is 15.4. The van der Waals surface area contributed by atoms with E-state index < -0.39 is 0 Å². The van der Waals surface area contributed by atoms with Crippen LogP contribution in [0.1, 0.15) is 37.3 Å². The summed E-state index contributed by atoms with van der Waals surface area (Å²) in [7, 11) is 0. The third-order valence-electron chi connectivity index (χ3n) is 3.76. The van der Waals surface area contributed by atoms with E-state index in [9.17, 15) is 4.79 Å². The Morgan fingerprint density at radius 3 is 2.77 bits per heavy atom. The van der Waals surface area contributed by atoms with Crippen LogP contribution in [0.3, 0.4) is 0 Å². The van der Waals surface area contributed by atoms with Crippen molar-refractivity contribution in [2.75, 3.05) is 0 Å². The lowest BCUT2D eigenvalue weighted by molar-refractivity contribution is -0.130. The highest BCUT2D eigenvalue weighted by atomic mass is 16.6. The summed E-state index contributed by atoms with van der Waals surface area (Å²) < 4.78 is 5.29. The van der Waals surface area contributed by atoms with Crippen molar-refractivity contribution in [2.45, 2.75) is 32.6 Å². The molecule has 0 N–H and O–H groups in total. The Bertz CT molecular complexity index is 691. The third kappa shape index (κ3) is 3.25. The van der Waals surface area contributed by atoms with Crippen LogP contribution in [-0.4, -0.2) is 11.9 Å². The van der Waals surface area contributed by atoms with E-state index in [0.29, 0.717) is 11.6 Å². The van der Waals surface area contributed by atoms with E-state index >= 15 is 0 Å². The van der Waals surface area contributed by atoms with Gasteiger partial charge in [0.1, 0.15) is 0 Å². The third-order valence-corrected chi connectivity index (χ3v) is 3.76. The van der Waals surface area contributed by atoms with E-state index in [4.69, 9.17) is 4.74 Å². The average molecular weight is 293 g/mol. The van der Waals surface area contributed by atoms with Crippen molar-refractivity contribution in [1.29, 1.82) is 0 Å². The number of ether oxygens (including phenoxy) is 1. The lowest BCUT2D eigenvalue weighted by atomic mass is 10.1. The fourth-order valence-corrected chi connectivity index (χ4v) is 2.47.